The van der Waals surface area contributed by atoms with Crippen LogP contribution in [0.15, 0.2) is 12.3 Å². The van der Waals surface area contributed by atoms with Crippen molar-refractivity contribution < 1.29 is 9.90 Å². The largest absolute Gasteiger partial charge is 0.395 e. The lowest BCUT2D eigenvalue weighted by atomic mass is 10.2. The van der Waals surface area contributed by atoms with E-state index in [1.807, 2.05) is 6.07 Å². The fourth-order valence-electron chi connectivity index (χ4n) is 1.01. The standard InChI is InChI=1S/C9H11N5O2/c10-3-5-1-2-13-9(7(5)11)14-4-6(15)8(12)16/h1-2,6,15H,4,11H2,(H2,12,16)(H,13,14). The number of aliphatic hydroxyl groups excluding tert-OH is 1. The molecular weight excluding hydrogens is 210 g/mol. The second-order valence-electron chi connectivity index (χ2n) is 3.03. The van der Waals surface area contributed by atoms with Crippen LogP contribution in [0, 0.1) is 11.3 Å². The van der Waals surface area contributed by atoms with E-state index < -0.39 is 12.0 Å². The number of hydrogen-bond acceptors (Lipinski definition) is 6. The third-order valence-corrected chi connectivity index (χ3v) is 1.90. The summed E-state index contributed by atoms with van der Waals surface area (Å²) in [4.78, 5) is 14.4. The number of pyridine rings is 1. The Morgan fingerprint density at radius 1 is 1.75 bits per heavy atom. The van der Waals surface area contributed by atoms with E-state index in [1.54, 1.807) is 0 Å². The maximum Gasteiger partial charge on any atom is 0.248 e. The van der Waals surface area contributed by atoms with Crippen molar-refractivity contribution in [3.05, 3.63) is 17.8 Å². The second-order valence-corrected chi connectivity index (χ2v) is 3.03. The molecule has 0 aliphatic rings. The highest BCUT2D eigenvalue weighted by Gasteiger charge is 2.12. The molecule has 16 heavy (non-hydrogen) atoms. The lowest BCUT2D eigenvalue weighted by Crippen LogP contribution is -2.34. The Morgan fingerprint density at radius 2 is 2.44 bits per heavy atom. The number of nitrogens with two attached hydrogens (primary N) is 2. The van der Waals surface area contributed by atoms with Crippen LogP contribution in [0.4, 0.5) is 11.5 Å². The predicted octanol–water partition coefficient (Wildman–Crippen LogP) is -1.21. The number of amides is 1. The minimum atomic E-state index is -1.33. The number of aliphatic hydroxyl groups is 1. The van der Waals surface area contributed by atoms with Gasteiger partial charge in [-0.3, -0.25) is 4.79 Å². The summed E-state index contributed by atoms with van der Waals surface area (Å²) in [7, 11) is 0. The number of nitrogens with zero attached hydrogens (tertiary/aromatic N) is 2. The molecule has 0 aromatic carbocycles. The molecule has 0 aliphatic carbocycles. The highest BCUT2D eigenvalue weighted by atomic mass is 16.3. The maximum atomic E-state index is 10.6. The van der Waals surface area contributed by atoms with Crippen LogP contribution >= 0.6 is 0 Å². The van der Waals surface area contributed by atoms with Crippen LogP contribution in [0.1, 0.15) is 5.56 Å². The van der Waals surface area contributed by atoms with E-state index in [9.17, 15) is 4.79 Å². The number of aromatic nitrogens is 1. The first-order valence-corrected chi connectivity index (χ1v) is 4.42. The molecule has 1 rings (SSSR count). The van der Waals surface area contributed by atoms with Crippen molar-refractivity contribution in [3.63, 3.8) is 0 Å². The summed E-state index contributed by atoms with van der Waals surface area (Å²) in [6.07, 6.45) is 0.0698. The molecule has 84 valence electrons. The van der Waals surface area contributed by atoms with Gasteiger partial charge in [-0.1, -0.05) is 0 Å². The molecule has 0 fully saturated rings. The van der Waals surface area contributed by atoms with Crippen LogP contribution in [-0.4, -0.2) is 28.6 Å². The number of nitrogen functional groups attached to an aromatic ring is 1. The van der Waals surface area contributed by atoms with E-state index in [2.05, 4.69) is 10.3 Å². The summed E-state index contributed by atoms with van der Waals surface area (Å²) in [5.74, 6) is -0.609. The fraction of sp³-hybridized carbons (Fsp3) is 0.222. The number of carbonyl (C=O) groups is 1. The number of anilines is 2. The Labute approximate surface area is 91.7 Å². The average molecular weight is 221 g/mol. The van der Waals surface area contributed by atoms with Crippen LogP contribution in [0.2, 0.25) is 0 Å². The Morgan fingerprint density at radius 3 is 3.00 bits per heavy atom. The van der Waals surface area contributed by atoms with Gasteiger partial charge < -0.3 is 21.9 Å². The highest BCUT2D eigenvalue weighted by Crippen LogP contribution is 2.18. The summed E-state index contributed by atoms with van der Waals surface area (Å²) in [5.41, 5.74) is 10.9. The number of nitriles is 1. The van der Waals surface area contributed by atoms with Crippen molar-refractivity contribution in [2.24, 2.45) is 5.73 Å². The lowest BCUT2D eigenvalue weighted by Gasteiger charge is -2.11. The lowest BCUT2D eigenvalue weighted by molar-refractivity contribution is -0.125. The van der Waals surface area contributed by atoms with Crippen molar-refractivity contribution in [3.8, 4) is 6.07 Å². The first kappa shape index (κ1) is 11.7. The minimum absolute atomic E-state index is 0.110. The normalized spacial score (nSPS) is 11.5. The molecule has 0 saturated carbocycles. The first-order chi connectivity index (χ1) is 7.56. The molecule has 0 aliphatic heterocycles. The molecule has 1 unspecified atom stereocenters. The van der Waals surface area contributed by atoms with Crippen LogP contribution in [0.3, 0.4) is 0 Å². The van der Waals surface area contributed by atoms with Crippen molar-refractivity contribution in [1.82, 2.24) is 4.98 Å². The van der Waals surface area contributed by atoms with Gasteiger partial charge in [0.05, 0.1) is 17.8 Å². The SMILES string of the molecule is N#Cc1ccnc(NCC(O)C(N)=O)c1N. The van der Waals surface area contributed by atoms with Crippen LogP contribution in [0.5, 0.6) is 0 Å². The van der Waals surface area contributed by atoms with E-state index in [1.165, 1.54) is 12.3 Å². The predicted molar refractivity (Wildman–Crippen MR) is 57.1 cm³/mol. The Bertz CT molecular complexity index is 440. The van der Waals surface area contributed by atoms with Gasteiger partial charge in [0.1, 0.15) is 12.2 Å². The van der Waals surface area contributed by atoms with Crippen LogP contribution in [0.25, 0.3) is 0 Å². The van der Waals surface area contributed by atoms with Gasteiger partial charge in [-0.15, -0.1) is 0 Å². The van der Waals surface area contributed by atoms with Gasteiger partial charge in [-0.25, -0.2) is 4.98 Å². The van der Waals surface area contributed by atoms with Crippen LogP contribution in [-0.2, 0) is 4.79 Å². The zero-order valence-corrected chi connectivity index (χ0v) is 8.34. The van der Waals surface area contributed by atoms with E-state index >= 15 is 0 Å². The van der Waals surface area contributed by atoms with Gasteiger partial charge in [0.25, 0.3) is 0 Å². The average Bonchev–Trinajstić information content (AvgIpc) is 2.27. The molecule has 0 bridgehead atoms. The zero-order chi connectivity index (χ0) is 12.1. The van der Waals surface area contributed by atoms with Crippen molar-refractivity contribution in [2.45, 2.75) is 6.10 Å². The highest BCUT2D eigenvalue weighted by molar-refractivity contribution is 5.79. The van der Waals surface area contributed by atoms with Gasteiger partial charge in [0, 0.05) is 6.20 Å². The van der Waals surface area contributed by atoms with Gasteiger partial charge in [0.15, 0.2) is 5.82 Å². The monoisotopic (exact) mass is 221 g/mol. The van der Waals surface area contributed by atoms with E-state index in [4.69, 9.17) is 21.8 Å². The van der Waals surface area contributed by atoms with Crippen molar-refractivity contribution in [2.75, 3.05) is 17.6 Å². The molecule has 0 radical (unpaired) electrons. The van der Waals surface area contributed by atoms with Gasteiger partial charge in [-0.05, 0) is 6.07 Å². The zero-order valence-electron chi connectivity index (χ0n) is 8.34. The van der Waals surface area contributed by atoms with Gasteiger partial charge in [0.2, 0.25) is 5.91 Å². The van der Waals surface area contributed by atoms with Crippen molar-refractivity contribution in [1.29, 1.82) is 5.26 Å². The number of carbonyl (C=O) groups excluding carboxylic acids is 1. The molecular formula is C9H11N5O2. The molecule has 7 heteroatoms. The summed E-state index contributed by atoms with van der Waals surface area (Å²) in [6, 6.07) is 3.35. The molecule has 1 aromatic heterocycles. The maximum absolute atomic E-state index is 10.6. The minimum Gasteiger partial charge on any atom is -0.395 e. The number of hydrogen-bond donors (Lipinski definition) is 4. The summed E-state index contributed by atoms with van der Waals surface area (Å²) < 4.78 is 0. The molecule has 1 atom stereocenters. The van der Waals surface area contributed by atoms with E-state index in [0.717, 1.165) is 0 Å². The second kappa shape index (κ2) is 4.95. The van der Waals surface area contributed by atoms with Gasteiger partial charge >= 0.3 is 0 Å². The first-order valence-electron chi connectivity index (χ1n) is 4.42. The Balaban J connectivity index is 2.76. The quantitative estimate of drug-likeness (QED) is 0.503. The summed E-state index contributed by atoms with van der Waals surface area (Å²) in [5, 5.41) is 20.5. The van der Waals surface area contributed by atoms with Crippen molar-refractivity contribution >= 4 is 17.4 Å². The van der Waals surface area contributed by atoms with Gasteiger partial charge in [-0.2, -0.15) is 5.26 Å². The molecule has 7 nitrogen and oxygen atoms in total. The number of nitrogens with one attached hydrogen (secondary N) is 1. The summed E-state index contributed by atoms with van der Waals surface area (Å²) in [6.45, 7) is -0.110. The molecule has 0 saturated heterocycles. The van der Waals surface area contributed by atoms with Crippen LogP contribution < -0.4 is 16.8 Å². The smallest absolute Gasteiger partial charge is 0.248 e. The Kier molecular flexibility index (Phi) is 3.63. The fourth-order valence-corrected chi connectivity index (χ4v) is 1.01. The number of primary amides is 1. The Hall–Kier alpha value is -2.33. The molecule has 0 spiro atoms. The topological polar surface area (TPSA) is 138 Å². The van der Waals surface area contributed by atoms with E-state index in [-0.39, 0.29) is 23.6 Å². The third-order valence-electron chi connectivity index (χ3n) is 1.90. The molecule has 1 amide bonds. The molecule has 1 heterocycles. The molecule has 1 aromatic rings. The van der Waals surface area contributed by atoms with E-state index in [0.29, 0.717) is 0 Å². The third kappa shape index (κ3) is 2.59. The summed E-state index contributed by atoms with van der Waals surface area (Å²) >= 11 is 0. The molecule has 6 N–H and O–H groups in total. The number of rotatable bonds is 4.